The monoisotopic (exact) mass is 527 g/mol. The third-order valence-electron chi connectivity index (χ3n) is 6.77. The van der Waals surface area contributed by atoms with Gasteiger partial charge in [0.15, 0.2) is 0 Å². The van der Waals surface area contributed by atoms with E-state index in [2.05, 4.69) is 16.0 Å². The number of carboxylic acids is 1. The van der Waals surface area contributed by atoms with Gasteiger partial charge in [-0.15, -0.1) is 0 Å². The topological polar surface area (TPSA) is 154 Å². The third kappa shape index (κ3) is 12.2. The number of aliphatic hydroxyl groups excluding tert-OH is 1. The van der Waals surface area contributed by atoms with Gasteiger partial charge in [0.1, 0.15) is 17.7 Å². The van der Waals surface area contributed by atoms with Crippen LogP contribution >= 0.6 is 0 Å². The number of carbonyl (C=O) groups excluding carboxylic acids is 3. The van der Waals surface area contributed by atoms with Crippen molar-refractivity contribution in [2.45, 2.75) is 130 Å². The molecule has 3 amide bonds. The molecule has 0 spiro atoms. The van der Waals surface area contributed by atoms with Crippen molar-refractivity contribution in [3.8, 4) is 0 Å². The van der Waals surface area contributed by atoms with Gasteiger partial charge in [0.2, 0.25) is 11.8 Å². The number of hydrogen-bond acceptors (Lipinski definition) is 6. The standard InChI is InChI=1S/C27H49N3O7/c1-8-17(4)22(24(34)28-19(14-16(2)3)20(31)15-21(32)33)29-25(35)23(18-12-10-9-11-13-18)30-26(36)37-27(5,6)7/h16-20,22-23,31H,8-15H2,1-7H3,(H,28,34)(H,29,35)(H,30,36)(H,32,33)/t17-,19-,20?,22-,23-/m0/s1. The summed E-state index contributed by atoms with van der Waals surface area (Å²) >= 11 is 0. The molecule has 0 aromatic heterocycles. The number of aliphatic hydroxyl groups is 1. The molecule has 10 heteroatoms. The Hall–Kier alpha value is -2.36. The molecule has 0 heterocycles. The average Bonchev–Trinajstić information content (AvgIpc) is 2.78. The minimum Gasteiger partial charge on any atom is -0.481 e. The summed E-state index contributed by atoms with van der Waals surface area (Å²) in [5.41, 5.74) is -0.723. The summed E-state index contributed by atoms with van der Waals surface area (Å²) < 4.78 is 5.39. The van der Waals surface area contributed by atoms with E-state index in [-0.39, 0.29) is 17.8 Å². The minimum atomic E-state index is -1.26. The van der Waals surface area contributed by atoms with Gasteiger partial charge in [0, 0.05) is 0 Å². The van der Waals surface area contributed by atoms with E-state index in [1.165, 1.54) is 0 Å². The number of amides is 3. The van der Waals surface area contributed by atoms with Gasteiger partial charge < -0.3 is 30.9 Å². The molecule has 214 valence electrons. The van der Waals surface area contributed by atoms with Crippen LogP contribution in [0.25, 0.3) is 0 Å². The van der Waals surface area contributed by atoms with Crippen molar-refractivity contribution in [1.29, 1.82) is 0 Å². The highest BCUT2D eigenvalue weighted by Gasteiger charge is 2.36. The summed E-state index contributed by atoms with van der Waals surface area (Å²) in [6.07, 6.45) is 3.09. The molecule has 0 aromatic rings. The lowest BCUT2D eigenvalue weighted by atomic mass is 9.83. The molecule has 0 radical (unpaired) electrons. The number of carboxylic acid groups (broad SMARTS) is 1. The van der Waals surface area contributed by atoms with Gasteiger partial charge in [-0.05, 0) is 57.8 Å². The molecule has 1 aliphatic rings. The van der Waals surface area contributed by atoms with Gasteiger partial charge in [-0.25, -0.2) is 4.79 Å². The Morgan fingerprint density at radius 2 is 1.54 bits per heavy atom. The van der Waals surface area contributed by atoms with Gasteiger partial charge in [0.05, 0.1) is 18.6 Å². The number of nitrogens with one attached hydrogen (secondary N) is 3. The zero-order valence-electron chi connectivity index (χ0n) is 23.6. The summed E-state index contributed by atoms with van der Waals surface area (Å²) in [5, 5.41) is 27.9. The van der Waals surface area contributed by atoms with E-state index in [4.69, 9.17) is 9.84 Å². The Labute approximate surface area is 221 Å². The Morgan fingerprint density at radius 1 is 0.946 bits per heavy atom. The zero-order chi connectivity index (χ0) is 28.3. The molecule has 0 saturated heterocycles. The highest BCUT2D eigenvalue weighted by atomic mass is 16.6. The van der Waals surface area contributed by atoms with E-state index in [1.54, 1.807) is 20.8 Å². The molecule has 1 unspecified atom stereocenters. The largest absolute Gasteiger partial charge is 0.481 e. The lowest BCUT2D eigenvalue weighted by Gasteiger charge is -2.33. The fourth-order valence-electron chi connectivity index (χ4n) is 4.66. The predicted molar refractivity (Wildman–Crippen MR) is 141 cm³/mol. The second kappa shape index (κ2) is 15.1. The van der Waals surface area contributed by atoms with E-state index in [9.17, 15) is 24.3 Å². The second-order valence-corrected chi connectivity index (χ2v) is 11.8. The number of ether oxygens (including phenoxy) is 1. The van der Waals surface area contributed by atoms with E-state index in [0.717, 1.165) is 32.1 Å². The number of alkyl carbamates (subject to hydrolysis) is 1. The van der Waals surface area contributed by atoms with Gasteiger partial charge in [-0.3, -0.25) is 14.4 Å². The van der Waals surface area contributed by atoms with E-state index < -0.39 is 60.1 Å². The smallest absolute Gasteiger partial charge is 0.408 e. The van der Waals surface area contributed by atoms with Crippen LogP contribution in [0.4, 0.5) is 4.79 Å². The fourth-order valence-corrected chi connectivity index (χ4v) is 4.66. The normalized spacial score (nSPS) is 18.7. The summed E-state index contributed by atoms with van der Waals surface area (Å²) in [5.74, 6) is -2.33. The van der Waals surface area contributed by atoms with Crippen molar-refractivity contribution in [2.75, 3.05) is 0 Å². The Bertz CT molecular complexity index is 760. The maximum atomic E-state index is 13.5. The van der Waals surface area contributed by atoms with Crippen LogP contribution < -0.4 is 16.0 Å². The summed E-state index contributed by atoms with van der Waals surface area (Å²) in [6.45, 7) is 12.8. The van der Waals surface area contributed by atoms with Crippen LogP contribution in [-0.4, -0.2) is 63.9 Å². The highest BCUT2D eigenvalue weighted by molar-refractivity contribution is 5.91. The highest BCUT2D eigenvalue weighted by Crippen LogP contribution is 2.27. The summed E-state index contributed by atoms with van der Waals surface area (Å²) in [6, 6.07) is -2.55. The maximum Gasteiger partial charge on any atom is 0.408 e. The number of rotatable bonds is 13. The molecule has 10 nitrogen and oxygen atoms in total. The SMILES string of the molecule is CC[C@H](C)[C@H](NC(=O)[C@@H](NC(=O)OC(C)(C)C)C1CCCCC1)C(=O)N[C@@H](CC(C)C)C(O)CC(=O)O. The lowest BCUT2D eigenvalue weighted by Crippen LogP contribution is -2.59. The van der Waals surface area contributed by atoms with Crippen molar-refractivity contribution in [3.05, 3.63) is 0 Å². The molecule has 0 bridgehead atoms. The molecular weight excluding hydrogens is 478 g/mol. The Balaban J connectivity index is 3.11. The van der Waals surface area contributed by atoms with Crippen LogP contribution in [0, 0.1) is 17.8 Å². The maximum absolute atomic E-state index is 13.5. The van der Waals surface area contributed by atoms with E-state index in [1.807, 2.05) is 27.7 Å². The molecule has 0 aromatic carbocycles. The van der Waals surface area contributed by atoms with Crippen LogP contribution in [-0.2, 0) is 19.1 Å². The molecule has 5 N–H and O–H groups in total. The predicted octanol–water partition coefficient (Wildman–Crippen LogP) is 3.36. The van der Waals surface area contributed by atoms with Crippen molar-refractivity contribution < 1.29 is 34.1 Å². The second-order valence-electron chi connectivity index (χ2n) is 11.8. The van der Waals surface area contributed by atoms with Gasteiger partial charge in [-0.2, -0.15) is 0 Å². The van der Waals surface area contributed by atoms with Crippen molar-refractivity contribution in [2.24, 2.45) is 17.8 Å². The van der Waals surface area contributed by atoms with E-state index in [0.29, 0.717) is 12.8 Å². The molecule has 37 heavy (non-hydrogen) atoms. The van der Waals surface area contributed by atoms with Crippen molar-refractivity contribution in [3.63, 3.8) is 0 Å². The van der Waals surface area contributed by atoms with Crippen LogP contribution in [0.15, 0.2) is 0 Å². The molecule has 1 saturated carbocycles. The van der Waals surface area contributed by atoms with Gasteiger partial charge >= 0.3 is 12.1 Å². The Morgan fingerprint density at radius 3 is 2.03 bits per heavy atom. The molecule has 0 aliphatic heterocycles. The number of aliphatic carboxylic acids is 1. The van der Waals surface area contributed by atoms with Crippen LogP contribution in [0.3, 0.4) is 0 Å². The van der Waals surface area contributed by atoms with Crippen LogP contribution in [0.5, 0.6) is 0 Å². The van der Waals surface area contributed by atoms with Crippen molar-refractivity contribution in [1.82, 2.24) is 16.0 Å². The minimum absolute atomic E-state index is 0.0759. The lowest BCUT2D eigenvalue weighted by molar-refractivity contribution is -0.140. The van der Waals surface area contributed by atoms with Crippen LogP contribution in [0.2, 0.25) is 0 Å². The summed E-state index contributed by atoms with van der Waals surface area (Å²) in [7, 11) is 0. The molecule has 5 atom stereocenters. The van der Waals surface area contributed by atoms with Crippen molar-refractivity contribution >= 4 is 23.9 Å². The van der Waals surface area contributed by atoms with Gasteiger partial charge in [0.25, 0.3) is 0 Å². The number of carbonyl (C=O) groups is 4. The molecule has 1 aliphatic carbocycles. The summed E-state index contributed by atoms with van der Waals surface area (Å²) in [4.78, 5) is 50.6. The third-order valence-corrected chi connectivity index (χ3v) is 6.77. The first-order valence-electron chi connectivity index (χ1n) is 13.6. The van der Waals surface area contributed by atoms with E-state index >= 15 is 0 Å². The number of hydrogen-bond donors (Lipinski definition) is 5. The average molecular weight is 528 g/mol. The van der Waals surface area contributed by atoms with Crippen LogP contribution in [0.1, 0.15) is 99.8 Å². The molecule has 1 rings (SSSR count). The Kier molecular flexibility index (Phi) is 13.4. The fraction of sp³-hybridized carbons (Fsp3) is 0.852. The van der Waals surface area contributed by atoms with Gasteiger partial charge in [-0.1, -0.05) is 53.4 Å². The first-order valence-corrected chi connectivity index (χ1v) is 13.6. The molecule has 1 fully saturated rings. The quantitative estimate of drug-likeness (QED) is 0.246. The zero-order valence-corrected chi connectivity index (χ0v) is 23.6. The first-order chi connectivity index (χ1) is 17.1. The molecular formula is C27H49N3O7. The first kappa shape index (κ1) is 32.7.